The Balaban J connectivity index is 1.99. The van der Waals surface area contributed by atoms with Gasteiger partial charge in [-0.15, -0.1) is 11.8 Å². The monoisotopic (exact) mass is 296 g/mol. The maximum absolute atomic E-state index is 13.0. The van der Waals surface area contributed by atoms with Crippen LogP contribution in [0.15, 0.2) is 24.3 Å². The Kier molecular flexibility index (Phi) is 2.83. The molecule has 2 heterocycles. The molecule has 100 valence electrons. The first kappa shape index (κ1) is 12.9. The summed E-state index contributed by atoms with van der Waals surface area (Å²) in [6, 6.07) is 5.71. The maximum Gasteiger partial charge on any atom is 0.331 e. The molecule has 0 saturated carbocycles. The number of thioether (sulfide) groups is 1. The molecule has 6 heteroatoms. The molecule has 3 nitrogen and oxygen atoms in total. The van der Waals surface area contributed by atoms with E-state index in [1.54, 1.807) is 23.9 Å². The fraction of sp³-hybridized carbons (Fsp3) is 0.385. The Morgan fingerprint density at radius 1 is 1.37 bits per heavy atom. The summed E-state index contributed by atoms with van der Waals surface area (Å²) < 4.78 is 13.0. The highest BCUT2D eigenvalue weighted by molar-refractivity contribution is 8.01. The van der Waals surface area contributed by atoms with E-state index in [2.05, 4.69) is 0 Å². The molecule has 0 aromatic heterocycles. The molecule has 0 spiro atoms. The van der Waals surface area contributed by atoms with Gasteiger partial charge in [-0.3, -0.25) is 9.80 Å². The zero-order valence-electron chi connectivity index (χ0n) is 10.6. The zero-order valence-corrected chi connectivity index (χ0v) is 12.2. The van der Waals surface area contributed by atoms with Crippen LogP contribution in [0.1, 0.15) is 13.8 Å². The number of fused-ring (bicyclic) bond motifs is 1. The molecule has 2 aliphatic rings. The average Bonchev–Trinajstić information content (AvgIpc) is 2.79. The first-order valence-electron chi connectivity index (χ1n) is 5.98. The van der Waals surface area contributed by atoms with Gasteiger partial charge in [0.2, 0.25) is 0 Å². The highest BCUT2D eigenvalue weighted by Crippen LogP contribution is 2.44. The van der Waals surface area contributed by atoms with Crippen molar-refractivity contribution in [3.05, 3.63) is 30.1 Å². The van der Waals surface area contributed by atoms with Gasteiger partial charge >= 0.3 is 6.03 Å². The number of nitrogens with zero attached hydrogens (tertiary/aromatic N) is 2. The number of halogens is 1. The van der Waals surface area contributed by atoms with E-state index in [1.165, 1.54) is 17.0 Å². The maximum atomic E-state index is 13.0. The fourth-order valence-corrected chi connectivity index (χ4v) is 4.22. The van der Waals surface area contributed by atoms with Crippen molar-refractivity contribution in [2.24, 2.45) is 0 Å². The zero-order chi connectivity index (χ0) is 13.8. The van der Waals surface area contributed by atoms with E-state index in [1.807, 2.05) is 18.7 Å². The second kappa shape index (κ2) is 4.18. The van der Waals surface area contributed by atoms with Gasteiger partial charge < -0.3 is 0 Å². The van der Waals surface area contributed by atoms with E-state index >= 15 is 0 Å². The Labute approximate surface area is 120 Å². The van der Waals surface area contributed by atoms with Gasteiger partial charge in [0.1, 0.15) is 10.8 Å². The summed E-state index contributed by atoms with van der Waals surface area (Å²) in [5, 5.41) is 0. The smallest absolute Gasteiger partial charge is 0.300 e. The van der Waals surface area contributed by atoms with Crippen LogP contribution in [-0.2, 0) is 0 Å². The molecule has 1 unspecified atom stereocenters. The van der Waals surface area contributed by atoms with Crippen molar-refractivity contribution in [1.82, 2.24) is 4.90 Å². The van der Waals surface area contributed by atoms with Crippen LogP contribution in [0.5, 0.6) is 0 Å². The molecule has 1 atom stereocenters. The molecule has 19 heavy (non-hydrogen) atoms. The molecule has 2 amide bonds. The number of urea groups is 1. The van der Waals surface area contributed by atoms with Crippen molar-refractivity contribution in [2.75, 3.05) is 10.7 Å². The van der Waals surface area contributed by atoms with Gasteiger partial charge in [-0.1, -0.05) is 12.2 Å². The quantitative estimate of drug-likeness (QED) is 0.743. The van der Waals surface area contributed by atoms with Crippen LogP contribution in [0, 0.1) is 5.82 Å². The summed E-state index contributed by atoms with van der Waals surface area (Å²) in [6.45, 7) is 4.04. The number of amides is 2. The SMILES string of the molecule is CC1(C)SCC2C(=S)N(c3ccc(F)cc3)C(=O)N21. The van der Waals surface area contributed by atoms with Crippen LogP contribution >= 0.6 is 24.0 Å². The lowest BCUT2D eigenvalue weighted by Gasteiger charge is -2.29. The Bertz CT molecular complexity index is 558. The lowest BCUT2D eigenvalue weighted by Crippen LogP contribution is -2.43. The summed E-state index contributed by atoms with van der Waals surface area (Å²) in [5.74, 6) is 0.493. The van der Waals surface area contributed by atoms with Gasteiger partial charge in [0, 0.05) is 5.75 Å². The minimum Gasteiger partial charge on any atom is -0.300 e. The summed E-state index contributed by atoms with van der Waals surface area (Å²) in [7, 11) is 0. The lowest BCUT2D eigenvalue weighted by atomic mass is 10.2. The van der Waals surface area contributed by atoms with Crippen molar-refractivity contribution >= 4 is 40.7 Å². The van der Waals surface area contributed by atoms with Gasteiger partial charge in [-0.25, -0.2) is 9.18 Å². The van der Waals surface area contributed by atoms with Crippen LogP contribution in [0.4, 0.5) is 14.9 Å². The highest BCUT2D eigenvalue weighted by Gasteiger charge is 2.53. The van der Waals surface area contributed by atoms with Gasteiger partial charge in [0.25, 0.3) is 0 Å². The highest BCUT2D eigenvalue weighted by atomic mass is 32.2. The van der Waals surface area contributed by atoms with E-state index < -0.39 is 0 Å². The standard InChI is InChI=1S/C13H13FN2OS2/c1-13(2)16-10(7-19-13)11(18)15(12(16)17)9-5-3-8(14)4-6-9/h3-6,10H,7H2,1-2H3. The van der Waals surface area contributed by atoms with Crippen LogP contribution < -0.4 is 4.90 Å². The largest absolute Gasteiger partial charge is 0.331 e. The fourth-order valence-electron chi connectivity index (χ4n) is 2.53. The number of rotatable bonds is 1. The predicted octanol–water partition coefficient (Wildman–Crippen LogP) is 3.25. The average molecular weight is 296 g/mol. The second-order valence-electron chi connectivity index (χ2n) is 5.08. The number of anilines is 1. The molecule has 2 saturated heterocycles. The predicted molar refractivity (Wildman–Crippen MR) is 79.0 cm³/mol. The Hall–Kier alpha value is -1.14. The molecular weight excluding hydrogens is 283 g/mol. The number of hydrogen-bond donors (Lipinski definition) is 0. The second-order valence-corrected chi connectivity index (χ2v) is 7.12. The number of hydrogen-bond acceptors (Lipinski definition) is 3. The summed E-state index contributed by atoms with van der Waals surface area (Å²) >= 11 is 7.16. The third-order valence-electron chi connectivity index (χ3n) is 3.47. The topological polar surface area (TPSA) is 23.6 Å². The number of thiocarbonyl (C=S) groups is 1. The van der Waals surface area contributed by atoms with E-state index in [-0.39, 0.29) is 22.8 Å². The summed E-state index contributed by atoms with van der Waals surface area (Å²) in [6.07, 6.45) is 0. The minimum atomic E-state index is -0.322. The van der Waals surface area contributed by atoms with Crippen LogP contribution in [0.3, 0.4) is 0 Å². The van der Waals surface area contributed by atoms with Crippen molar-refractivity contribution in [2.45, 2.75) is 24.8 Å². The van der Waals surface area contributed by atoms with Gasteiger partial charge in [0.15, 0.2) is 0 Å². The van der Waals surface area contributed by atoms with E-state index in [4.69, 9.17) is 12.2 Å². The molecule has 3 rings (SSSR count). The third kappa shape index (κ3) is 1.85. The molecule has 0 radical (unpaired) electrons. The lowest BCUT2D eigenvalue weighted by molar-refractivity contribution is 0.193. The number of benzene rings is 1. The minimum absolute atomic E-state index is 0.0347. The van der Waals surface area contributed by atoms with Crippen molar-refractivity contribution in [1.29, 1.82) is 0 Å². The van der Waals surface area contributed by atoms with Crippen LogP contribution in [-0.4, -0.2) is 32.6 Å². The van der Waals surface area contributed by atoms with E-state index in [9.17, 15) is 9.18 Å². The Morgan fingerprint density at radius 3 is 2.58 bits per heavy atom. The van der Waals surface area contributed by atoms with Gasteiger partial charge in [-0.05, 0) is 38.1 Å². The molecular formula is C13H13FN2OS2. The van der Waals surface area contributed by atoms with Crippen molar-refractivity contribution < 1.29 is 9.18 Å². The van der Waals surface area contributed by atoms with Gasteiger partial charge in [0.05, 0.1) is 16.6 Å². The normalized spacial score (nSPS) is 25.1. The molecule has 2 fully saturated rings. The van der Waals surface area contributed by atoms with E-state index in [0.29, 0.717) is 10.7 Å². The molecule has 0 N–H and O–H groups in total. The van der Waals surface area contributed by atoms with E-state index in [0.717, 1.165) is 5.75 Å². The summed E-state index contributed by atoms with van der Waals surface area (Å²) in [4.78, 5) is 16.2. The summed E-state index contributed by atoms with van der Waals surface area (Å²) in [5.41, 5.74) is 0.631. The molecule has 0 aliphatic carbocycles. The molecule has 1 aromatic rings. The molecule has 1 aromatic carbocycles. The van der Waals surface area contributed by atoms with Crippen molar-refractivity contribution in [3.63, 3.8) is 0 Å². The third-order valence-corrected chi connectivity index (χ3v) is 5.31. The number of carbonyl (C=O) groups is 1. The van der Waals surface area contributed by atoms with Crippen LogP contribution in [0.2, 0.25) is 0 Å². The van der Waals surface area contributed by atoms with Gasteiger partial charge in [-0.2, -0.15) is 0 Å². The van der Waals surface area contributed by atoms with Crippen molar-refractivity contribution in [3.8, 4) is 0 Å². The number of carbonyl (C=O) groups excluding carboxylic acids is 1. The first-order chi connectivity index (χ1) is 8.92. The Morgan fingerprint density at radius 2 is 2.00 bits per heavy atom. The molecule has 0 bridgehead atoms. The first-order valence-corrected chi connectivity index (χ1v) is 7.38. The van der Waals surface area contributed by atoms with Crippen LogP contribution in [0.25, 0.3) is 0 Å². The molecule has 2 aliphatic heterocycles.